The molecular formula is C24H31NO3. The summed E-state index contributed by atoms with van der Waals surface area (Å²) in [5, 5.41) is 3.40. The van der Waals surface area contributed by atoms with Crippen molar-refractivity contribution in [3.8, 4) is 0 Å². The Morgan fingerprint density at radius 1 is 1.07 bits per heavy atom. The maximum absolute atomic E-state index is 12.2. The van der Waals surface area contributed by atoms with E-state index in [0.717, 1.165) is 36.5 Å². The van der Waals surface area contributed by atoms with Crippen molar-refractivity contribution in [2.45, 2.75) is 82.8 Å². The molecule has 4 heteroatoms. The first-order valence-corrected chi connectivity index (χ1v) is 11.8. The lowest BCUT2D eigenvalue weighted by Gasteiger charge is -2.59. The molecule has 28 heavy (non-hydrogen) atoms. The summed E-state index contributed by atoms with van der Waals surface area (Å²) in [4.78, 5) is 23.4. The van der Waals surface area contributed by atoms with Gasteiger partial charge in [0, 0.05) is 17.8 Å². The largest absolute Gasteiger partial charge is 0.458 e. The maximum Gasteiger partial charge on any atom is 0.306 e. The molecule has 4 nitrogen and oxygen atoms in total. The van der Waals surface area contributed by atoms with Crippen LogP contribution in [-0.4, -0.2) is 17.6 Å². The average molecular weight is 382 g/mol. The molecule has 0 aromatic heterocycles. The molecule has 0 N–H and O–H groups in total. The summed E-state index contributed by atoms with van der Waals surface area (Å²) in [7, 11) is 0. The number of esters is 1. The first-order chi connectivity index (χ1) is 13.5. The Kier molecular flexibility index (Phi) is 2.92. The molecule has 7 rings (SSSR count). The molecule has 2 spiro atoms. The van der Waals surface area contributed by atoms with Gasteiger partial charge >= 0.3 is 5.97 Å². The molecule has 150 valence electrons. The highest BCUT2D eigenvalue weighted by Gasteiger charge is 2.79. The van der Waals surface area contributed by atoms with Crippen molar-refractivity contribution in [3.63, 3.8) is 0 Å². The van der Waals surface area contributed by atoms with Crippen molar-refractivity contribution >= 4 is 5.97 Å². The van der Waals surface area contributed by atoms with Crippen LogP contribution in [0.3, 0.4) is 0 Å². The lowest BCUT2D eigenvalue weighted by molar-refractivity contribution is -0.175. The van der Waals surface area contributed by atoms with E-state index in [1.807, 2.05) is 0 Å². The van der Waals surface area contributed by atoms with Crippen molar-refractivity contribution in [1.29, 1.82) is 0 Å². The fourth-order valence-corrected chi connectivity index (χ4v) is 9.71. The summed E-state index contributed by atoms with van der Waals surface area (Å²) < 4.78 is 6.22. The first kappa shape index (κ1) is 16.6. The van der Waals surface area contributed by atoms with Crippen LogP contribution < -0.4 is 0 Å². The molecule has 6 aliphatic carbocycles. The molecule has 0 aromatic rings. The minimum atomic E-state index is -0.129. The molecule has 7 aliphatic rings. The lowest BCUT2D eigenvalue weighted by atomic mass is 9.47. The second-order valence-electron chi connectivity index (χ2n) is 11.6. The van der Waals surface area contributed by atoms with Gasteiger partial charge in [0.1, 0.15) is 11.6 Å². The third-order valence-corrected chi connectivity index (χ3v) is 10.9. The molecule has 6 unspecified atom stereocenters. The molecule has 1 heterocycles. The summed E-state index contributed by atoms with van der Waals surface area (Å²) in [5.74, 6) is 4.55. The Bertz CT molecular complexity index is 815. The highest BCUT2D eigenvalue weighted by atomic mass is 16.6. The van der Waals surface area contributed by atoms with E-state index in [-0.39, 0.29) is 23.0 Å². The summed E-state index contributed by atoms with van der Waals surface area (Å²) in [6.07, 6.45) is 13.8. The number of carbonyl (C=O) groups is 1. The van der Waals surface area contributed by atoms with Crippen molar-refractivity contribution < 1.29 is 9.53 Å². The van der Waals surface area contributed by atoms with E-state index in [2.05, 4.69) is 18.2 Å². The zero-order valence-corrected chi connectivity index (χ0v) is 16.9. The standard InChI is InChI=1S/C24H31NO3/c1-22-6-4-14-15-3-2-13(25-27)10-18(15)23(8-9-23)12-17(14)21(22)16-11-19(16)24(22)7-5-20(26)28-24/h10,13-17,19,21H,2-9,11-12H2,1H3/t13?,14?,15-,16?,17?,19?,21?,22+,24+/m1/s1. The number of rotatable bonds is 1. The number of nitrogens with zero attached hydrogens (tertiary/aromatic N) is 1. The predicted octanol–water partition coefficient (Wildman–Crippen LogP) is 5.02. The van der Waals surface area contributed by atoms with Crippen LogP contribution in [0.2, 0.25) is 0 Å². The van der Waals surface area contributed by atoms with Crippen LogP contribution in [0, 0.1) is 51.2 Å². The van der Waals surface area contributed by atoms with Crippen LogP contribution in [0.1, 0.15) is 71.1 Å². The smallest absolute Gasteiger partial charge is 0.306 e. The molecule has 1 aliphatic heterocycles. The summed E-state index contributed by atoms with van der Waals surface area (Å²) >= 11 is 0. The van der Waals surface area contributed by atoms with Gasteiger partial charge in [-0.15, -0.1) is 0 Å². The Morgan fingerprint density at radius 2 is 1.93 bits per heavy atom. The van der Waals surface area contributed by atoms with Gasteiger partial charge in [-0.25, -0.2) is 0 Å². The number of ether oxygens (including phenoxy) is 1. The Morgan fingerprint density at radius 3 is 2.64 bits per heavy atom. The van der Waals surface area contributed by atoms with Crippen LogP contribution in [0.25, 0.3) is 0 Å². The van der Waals surface area contributed by atoms with Crippen LogP contribution in [0.5, 0.6) is 0 Å². The topological polar surface area (TPSA) is 55.7 Å². The van der Waals surface area contributed by atoms with Crippen molar-refractivity contribution in [3.05, 3.63) is 16.6 Å². The highest BCUT2D eigenvalue weighted by Crippen LogP contribution is 2.80. The van der Waals surface area contributed by atoms with E-state index in [9.17, 15) is 9.70 Å². The van der Waals surface area contributed by atoms with Gasteiger partial charge in [-0.2, -0.15) is 4.91 Å². The average Bonchev–Trinajstić information content (AvgIpc) is 3.60. The number of hydrogen-bond acceptors (Lipinski definition) is 4. The normalized spacial score (nSPS) is 57.0. The monoisotopic (exact) mass is 381 g/mol. The second kappa shape index (κ2) is 4.92. The molecule has 0 radical (unpaired) electrons. The zero-order chi connectivity index (χ0) is 18.9. The van der Waals surface area contributed by atoms with Gasteiger partial charge in [-0.1, -0.05) is 23.7 Å². The fourth-order valence-electron chi connectivity index (χ4n) is 9.71. The van der Waals surface area contributed by atoms with E-state index in [4.69, 9.17) is 4.74 Å². The maximum atomic E-state index is 12.2. The van der Waals surface area contributed by atoms with Gasteiger partial charge in [0.15, 0.2) is 0 Å². The summed E-state index contributed by atoms with van der Waals surface area (Å²) in [6, 6.07) is -0.0744. The molecule has 1 saturated heterocycles. The van der Waals surface area contributed by atoms with E-state index in [1.54, 1.807) is 5.57 Å². The summed E-state index contributed by atoms with van der Waals surface area (Å²) in [6.45, 7) is 2.50. The Balaban J connectivity index is 1.29. The van der Waals surface area contributed by atoms with Crippen molar-refractivity contribution in [2.75, 3.05) is 0 Å². The van der Waals surface area contributed by atoms with Gasteiger partial charge in [-0.05, 0) is 92.8 Å². The van der Waals surface area contributed by atoms with Crippen LogP contribution in [0.4, 0.5) is 0 Å². The van der Waals surface area contributed by atoms with Gasteiger partial charge in [-0.3, -0.25) is 4.79 Å². The Hall–Kier alpha value is -1.19. The first-order valence-electron chi connectivity index (χ1n) is 11.8. The minimum Gasteiger partial charge on any atom is -0.458 e. The molecule has 0 aromatic carbocycles. The number of carbonyl (C=O) groups excluding carboxylic acids is 1. The molecular weight excluding hydrogens is 350 g/mol. The SMILES string of the molecule is C[C@]12CCC3C(CC4(CC4)C4=CC(N=O)CC[C@@H]43)C1C1CC1[C@@]21CCC(=O)O1. The zero-order valence-electron chi connectivity index (χ0n) is 16.9. The van der Waals surface area contributed by atoms with Crippen LogP contribution in [0.15, 0.2) is 16.8 Å². The molecule has 0 amide bonds. The summed E-state index contributed by atoms with van der Waals surface area (Å²) in [5.41, 5.74) is 2.11. The van der Waals surface area contributed by atoms with E-state index >= 15 is 0 Å². The van der Waals surface area contributed by atoms with Gasteiger partial charge in [0.2, 0.25) is 0 Å². The third kappa shape index (κ3) is 1.74. The van der Waals surface area contributed by atoms with E-state index < -0.39 is 0 Å². The Labute approximate surface area is 166 Å². The van der Waals surface area contributed by atoms with Crippen molar-refractivity contribution in [2.24, 2.45) is 51.5 Å². The quantitative estimate of drug-likeness (QED) is 0.364. The minimum absolute atomic E-state index is 0.0573. The third-order valence-electron chi connectivity index (χ3n) is 10.9. The highest BCUT2D eigenvalue weighted by molar-refractivity contribution is 5.73. The van der Waals surface area contributed by atoms with Gasteiger partial charge < -0.3 is 4.74 Å². The number of hydrogen-bond donors (Lipinski definition) is 0. The second-order valence-corrected chi connectivity index (χ2v) is 11.6. The van der Waals surface area contributed by atoms with Gasteiger partial charge in [0.25, 0.3) is 0 Å². The molecule has 6 fully saturated rings. The number of allylic oxidation sites excluding steroid dienone is 1. The number of nitroso groups, excluding NO2 is 1. The molecule has 9 atom stereocenters. The predicted molar refractivity (Wildman–Crippen MR) is 104 cm³/mol. The van der Waals surface area contributed by atoms with Crippen molar-refractivity contribution in [1.82, 2.24) is 0 Å². The van der Waals surface area contributed by atoms with Crippen LogP contribution in [-0.2, 0) is 9.53 Å². The van der Waals surface area contributed by atoms with E-state index in [0.29, 0.717) is 23.7 Å². The molecule has 0 bridgehead atoms. The molecule has 5 saturated carbocycles. The van der Waals surface area contributed by atoms with Gasteiger partial charge in [0.05, 0.1) is 0 Å². The van der Waals surface area contributed by atoms with E-state index in [1.165, 1.54) is 44.9 Å². The lowest BCUT2D eigenvalue weighted by Crippen LogP contribution is -2.56. The number of fused-ring (bicyclic) bond motifs is 10. The van der Waals surface area contributed by atoms with Crippen LogP contribution >= 0.6 is 0 Å². The fraction of sp³-hybridized carbons (Fsp3) is 0.875.